The molecule has 4 aromatic rings. The molecule has 0 aliphatic carbocycles. The lowest BCUT2D eigenvalue weighted by molar-refractivity contribution is -0.151. The van der Waals surface area contributed by atoms with E-state index in [1.54, 1.807) is 43.4 Å². The third-order valence-electron chi connectivity index (χ3n) is 8.96. The number of ether oxygens (including phenoxy) is 2. The van der Waals surface area contributed by atoms with Gasteiger partial charge in [-0.1, -0.05) is 6.07 Å². The van der Waals surface area contributed by atoms with Crippen molar-refractivity contribution < 1.29 is 32.2 Å². The summed E-state index contributed by atoms with van der Waals surface area (Å²) in [5, 5.41) is 10.9. The Labute approximate surface area is 266 Å². The quantitative estimate of drug-likeness (QED) is 0.231. The molecule has 1 saturated heterocycles. The second-order valence-corrected chi connectivity index (χ2v) is 14.6. The third-order valence-corrected chi connectivity index (χ3v) is 10.8. The number of alkyl halides is 2. The highest BCUT2D eigenvalue weighted by Crippen LogP contribution is 2.58. The van der Waals surface area contributed by atoms with Crippen LogP contribution in [0.2, 0.25) is 0 Å². The van der Waals surface area contributed by atoms with Crippen LogP contribution in [0.4, 0.5) is 8.78 Å². The lowest BCUT2D eigenvalue weighted by Crippen LogP contribution is -2.67. The van der Waals surface area contributed by atoms with Gasteiger partial charge in [-0.3, -0.25) is 23.3 Å². The van der Waals surface area contributed by atoms with Crippen LogP contribution in [0.15, 0.2) is 41.6 Å². The first-order valence-electron chi connectivity index (χ1n) is 14.8. The molecule has 3 N–H and O–H groups in total. The van der Waals surface area contributed by atoms with E-state index >= 15 is 0 Å². The van der Waals surface area contributed by atoms with Crippen LogP contribution >= 0.6 is 10.8 Å². The monoisotopic (exact) mass is 657 g/mol. The Morgan fingerprint density at radius 1 is 1.20 bits per heavy atom. The number of esters is 1. The van der Waals surface area contributed by atoms with E-state index in [0.29, 0.717) is 35.6 Å². The van der Waals surface area contributed by atoms with Gasteiger partial charge < -0.3 is 14.8 Å². The molecule has 0 bridgehead atoms. The van der Waals surface area contributed by atoms with Crippen LogP contribution in [-0.4, -0.2) is 76.3 Å². The maximum absolute atomic E-state index is 13.6. The number of halogens is 2. The number of pyridine rings is 3. The molecule has 4 aromatic heterocycles. The molecule has 1 unspecified atom stereocenters. The highest BCUT2D eigenvalue weighted by molar-refractivity contribution is 8.22. The maximum Gasteiger partial charge on any atom is 0.312 e. The van der Waals surface area contributed by atoms with Crippen molar-refractivity contribution >= 4 is 22.4 Å². The van der Waals surface area contributed by atoms with Crippen molar-refractivity contribution in [2.24, 2.45) is 5.41 Å². The number of hydrogen-bond acceptors (Lipinski definition) is 11. The highest BCUT2D eigenvalue weighted by atomic mass is 32.3. The molecule has 46 heavy (non-hydrogen) atoms. The highest BCUT2D eigenvalue weighted by Gasteiger charge is 2.49. The first-order valence-corrected chi connectivity index (χ1v) is 16.3. The second kappa shape index (κ2) is 11.5. The van der Waals surface area contributed by atoms with Crippen molar-refractivity contribution in [3.63, 3.8) is 0 Å². The number of hydrogen-bond donors (Lipinski definition) is 3. The van der Waals surface area contributed by atoms with E-state index in [0.717, 1.165) is 11.1 Å². The van der Waals surface area contributed by atoms with Gasteiger partial charge in [-0.2, -0.15) is 4.31 Å². The maximum atomic E-state index is 13.6. The summed E-state index contributed by atoms with van der Waals surface area (Å²) < 4.78 is 65.0. The summed E-state index contributed by atoms with van der Waals surface area (Å²) in [5.74, 6) is -1.47. The zero-order valence-electron chi connectivity index (χ0n) is 26.4. The van der Waals surface area contributed by atoms with E-state index in [1.165, 1.54) is 17.7 Å². The SMILES string of the molecule is COC(=O)C(C)(C)C(c1ccc(C)c(CN2CC3(CNC3)Oc3ncc(C)cc3S2(O)O)n1)c1ccn2c(C(F)F)nnc2c1C. The molecule has 1 atom stereocenters. The van der Waals surface area contributed by atoms with Crippen LogP contribution in [-0.2, 0) is 16.1 Å². The Bertz CT molecular complexity index is 1830. The van der Waals surface area contributed by atoms with Crippen molar-refractivity contribution in [1.29, 1.82) is 0 Å². The number of fused-ring (bicyclic) bond motifs is 2. The fourth-order valence-electron chi connectivity index (χ4n) is 6.28. The van der Waals surface area contributed by atoms with Gasteiger partial charge >= 0.3 is 5.97 Å². The number of nitrogens with zero attached hydrogens (tertiary/aromatic N) is 6. The zero-order valence-corrected chi connectivity index (χ0v) is 27.2. The molecule has 0 aromatic carbocycles. The molecule has 1 spiro atoms. The molecule has 0 amide bonds. The zero-order chi connectivity index (χ0) is 33.2. The minimum atomic E-state index is -3.55. The topological polar surface area (TPSA) is 147 Å². The van der Waals surface area contributed by atoms with Crippen LogP contribution in [0, 0.1) is 26.2 Å². The average Bonchev–Trinajstić information content (AvgIpc) is 3.40. The van der Waals surface area contributed by atoms with Gasteiger partial charge in [-0.15, -0.1) is 21.0 Å². The normalized spacial score (nSPS) is 18.8. The van der Waals surface area contributed by atoms with Gasteiger partial charge in [0, 0.05) is 37.1 Å². The molecule has 0 radical (unpaired) electrons. The number of aromatic nitrogens is 5. The molecule has 0 saturated carbocycles. The van der Waals surface area contributed by atoms with Crippen molar-refractivity contribution in [2.45, 2.75) is 64.0 Å². The molecule has 15 heteroatoms. The molecule has 246 valence electrons. The number of carbonyl (C=O) groups excluding carboxylic acids is 1. The van der Waals surface area contributed by atoms with Crippen molar-refractivity contribution in [3.8, 4) is 5.88 Å². The summed E-state index contributed by atoms with van der Waals surface area (Å²) in [6, 6.07) is 7.05. The first kappa shape index (κ1) is 32.2. The summed E-state index contributed by atoms with van der Waals surface area (Å²) in [5.41, 5.74) is 2.21. The lowest BCUT2D eigenvalue weighted by Gasteiger charge is -2.46. The van der Waals surface area contributed by atoms with E-state index in [4.69, 9.17) is 14.5 Å². The van der Waals surface area contributed by atoms with E-state index < -0.39 is 45.9 Å². The standard InChI is InChI=1S/C31H37F2N7O5S/c1-17-11-23-28(35-12-17)45-31(14-34-15-31)16-39(46(23,42)43)13-22-18(2)7-8-21(36-22)24(30(4,5)29(41)44-6)20-9-10-40-26(19(20)3)37-38-27(40)25(32)33/h7-12,24-25,34,42-43H,13-16H2,1-6H3. The predicted molar refractivity (Wildman–Crippen MR) is 166 cm³/mol. The third kappa shape index (κ3) is 5.29. The fourth-order valence-corrected chi connectivity index (χ4v) is 7.94. The van der Waals surface area contributed by atoms with Crippen molar-refractivity contribution in [1.82, 2.24) is 34.2 Å². The molecule has 6 rings (SSSR count). The Balaban J connectivity index is 1.46. The fraction of sp³-hybridized carbons (Fsp3) is 0.452. The summed E-state index contributed by atoms with van der Waals surface area (Å²) in [6.07, 6.45) is 0.290. The molecule has 12 nitrogen and oxygen atoms in total. The average molecular weight is 658 g/mol. The molecular weight excluding hydrogens is 620 g/mol. The molecular formula is C31H37F2N7O5S. The minimum absolute atomic E-state index is 0.0613. The first-order chi connectivity index (χ1) is 21.7. The molecule has 1 fully saturated rings. The predicted octanol–water partition coefficient (Wildman–Crippen LogP) is 4.97. The summed E-state index contributed by atoms with van der Waals surface area (Å²) >= 11 is 0. The van der Waals surface area contributed by atoms with Crippen molar-refractivity contribution in [2.75, 3.05) is 26.7 Å². The van der Waals surface area contributed by atoms with Crippen molar-refractivity contribution in [3.05, 3.63) is 76.1 Å². The number of nitrogens with one attached hydrogen (secondary N) is 1. The van der Waals surface area contributed by atoms with Crippen LogP contribution in [0.3, 0.4) is 0 Å². The summed E-state index contributed by atoms with van der Waals surface area (Å²) in [6.45, 7) is 10.2. The minimum Gasteiger partial charge on any atom is -0.469 e. The Morgan fingerprint density at radius 3 is 2.59 bits per heavy atom. The van der Waals surface area contributed by atoms with Crippen LogP contribution in [0.25, 0.3) is 5.65 Å². The van der Waals surface area contributed by atoms with Crippen LogP contribution in [0.5, 0.6) is 5.88 Å². The summed E-state index contributed by atoms with van der Waals surface area (Å²) in [4.78, 5) is 22.9. The Kier molecular flexibility index (Phi) is 8.04. The smallest absolute Gasteiger partial charge is 0.312 e. The number of rotatable bonds is 7. The largest absolute Gasteiger partial charge is 0.469 e. The van der Waals surface area contributed by atoms with Gasteiger partial charge in [0.05, 0.1) is 31.3 Å². The van der Waals surface area contributed by atoms with E-state index in [2.05, 4.69) is 20.5 Å². The second-order valence-electron chi connectivity index (χ2n) is 12.6. The van der Waals surface area contributed by atoms with Gasteiger partial charge in [0.15, 0.2) is 5.65 Å². The van der Waals surface area contributed by atoms with E-state index in [-0.39, 0.29) is 29.5 Å². The molecule has 2 aliphatic heterocycles. The van der Waals surface area contributed by atoms with Gasteiger partial charge in [0.1, 0.15) is 10.5 Å². The Hall–Kier alpha value is -3.76. The number of aryl methyl sites for hydroxylation is 3. The lowest BCUT2D eigenvalue weighted by atomic mass is 9.72. The summed E-state index contributed by atoms with van der Waals surface area (Å²) in [7, 11) is -2.24. The van der Waals surface area contributed by atoms with Gasteiger partial charge in [0.2, 0.25) is 11.7 Å². The van der Waals surface area contributed by atoms with Gasteiger partial charge in [-0.05, 0) is 75.1 Å². The molecule has 2 aliphatic rings. The van der Waals surface area contributed by atoms with Gasteiger partial charge in [-0.25, -0.2) is 13.8 Å². The Morgan fingerprint density at radius 2 is 1.93 bits per heavy atom. The van der Waals surface area contributed by atoms with Gasteiger partial charge in [0.25, 0.3) is 6.43 Å². The number of methoxy groups -OCH3 is 1. The van der Waals surface area contributed by atoms with E-state index in [9.17, 15) is 22.7 Å². The number of carbonyl (C=O) groups is 1. The molecule has 6 heterocycles. The van der Waals surface area contributed by atoms with Crippen LogP contribution < -0.4 is 10.1 Å². The van der Waals surface area contributed by atoms with E-state index in [1.807, 2.05) is 26.0 Å². The van der Waals surface area contributed by atoms with Crippen LogP contribution in [0.1, 0.15) is 65.7 Å².